The summed E-state index contributed by atoms with van der Waals surface area (Å²) < 4.78 is 5.19. The number of para-hydroxylation sites is 1. The monoisotopic (exact) mass is 192 g/mol. The highest BCUT2D eigenvalue weighted by Gasteiger charge is 2.10. The van der Waals surface area contributed by atoms with Crippen molar-refractivity contribution < 1.29 is 14.3 Å². The number of nitrogens with two attached hydrogens (primary N) is 1. The van der Waals surface area contributed by atoms with E-state index in [1.165, 1.54) is 0 Å². The molecule has 0 atom stereocenters. The van der Waals surface area contributed by atoms with E-state index in [1.54, 1.807) is 18.2 Å². The van der Waals surface area contributed by atoms with Crippen molar-refractivity contribution in [1.29, 1.82) is 0 Å². The molecule has 1 aromatic carbocycles. The number of carbonyl (C=O) groups is 1. The molecule has 1 heterocycles. The fourth-order valence-electron chi connectivity index (χ4n) is 1.22. The van der Waals surface area contributed by atoms with Crippen LogP contribution in [-0.2, 0) is 11.2 Å². The molecule has 0 aliphatic heterocycles. The SMILES string of the molecule is Nc1cccc2nc(CC(=O)O)oc12. The quantitative estimate of drug-likeness (QED) is 0.694. The van der Waals surface area contributed by atoms with Gasteiger partial charge in [-0.2, -0.15) is 0 Å². The number of aromatic nitrogens is 1. The molecule has 72 valence electrons. The van der Waals surface area contributed by atoms with E-state index in [9.17, 15) is 4.79 Å². The maximum atomic E-state index is 10.4. The standard InChI is InChI=1S/C9H8N2O3/c10-5-2-1-3-6-9(5)14-7(11-6)4-8(12)13/h1-3H,4,10H2,(H,12,13). The lowest BCUT2D eigenvalue weighted by molar-refractivity contribution is -0.136. The van der Waals surface area contributed by atoms with Crippen molar-refractivity contribution in [2.24, 2.45) is 0 Å². The average molecular weight is 192 g/mol. The normalized spacial score (nSPS) is 10.6. The molecule has 5 nitrogen and oxygen atoms in total. The van der Waals surface area contributed by atoms with Gasteiger partial charge in [0, 0.05) is 0 Å². The molecule has 0 amide bonds. The molecule has 0 aliphatic carbocycles. The van der Waals surface area contributed by atoms with Crippen molar-refractivity contribution in [3.05, 3.63) is 24.1 Å². The Balaban J connectivity index is 2.51. The van der Waals surface area contributed by atoms with Gasteiger partial charge in [0.05, 0.1) is 5.69 Å². The van der Waals surface area contributed by atoms with Crippen LogP contribution in [0.1, 0.15) is 5.89 Å². The number of benzene rings is 1. The first kappa shape index (κ1) is 8.55. The summed E-state index contributed by atoms with van der Waals surface area (Å²) in [5, 5.41) is 8.53. The van der Waals surface area contributed by atoms with Crippen LogP contribution in [0.25, 0.3) is 11.1 Å². The summed E-state index contributed by atoms with van der Waals surface area (Å²) in [7, 11) is 0. The molecule has 0 spiro atoms. The zero-order valence-corrected chi connectivity index (χ0v) is 7.23. The van der Waals surface area contributed by atoms with Gasteiger partial charge < -0.3 is 15.3 Å². The molecule has 3 N–H and O–H groups in total. The van der Waals surface area contributed by atoms with Crippen LogP contribution in [0.3, 0.4) is 0 Å². The average Bonchev–Trinajstić information content (AvgIpc) is 2.47. The molecule has 0 aliphatic rings. The largest absolute Gasteiger partial charge is 0.481 e. The number of carboxylic acid groups (broad SMARTS) is 1. The van der Waals surface area contributed by atoms with Gasteiger partial charge >= 0.3 is 5.97 Å². The number of rotatable bonds is 2. The minimum atomic E-state index is -0.977. The summed E-state index contributed by atoms with van der Waals surface area (Å²) in [6.07, 6.45) is -0.228. The highest BCUT2D eigenvalue weighted by Crippen LogP contribution is 2.21. The van der Waals surface area contributed by atoms with E-state index >= 15 is 0 Å². The van der Waals surface area contributed by atoms with Gasteiger partial charge in [0.1, 0.15) is 11.9 Å². The van der Waals surface area contributed by atoms with Gasteiger partial charge in [-0.25, -0.2) is 4.98 Å². The molecule has 5 heteroatoms. The number of nitrogens with zero attached hydrogens (tertiary/aromatic N) is 1. The molecule has 0 radical (unpaired) electrons. The van der Waals surface area contributed by atoms with Gasteiger partial charge in [-0.1, -0.05) is 6.07 Å². The Morgan fingerprint density at radius 2 is 2.36 bits per heavy atom. The number of aliphatic carboxylic acids is 1. The highest BCUT2D eigenvalue weighted by molar-refractivity contribution is 5.85. The van der Waals surface area contributed by atoms with Crippen LogP contribution in [0, 0.1) is 0 Å². The molecule has 0 bridgehead atoms. The maximum Gasteiger partial charge on any atom is 0.312 e. The molecule has 0 saturated carbocycles. The Labute approximate surface area is 79.2 Å². The molecule has 1 aromatic heterocycles. The topological polar surface area (TPSA) is 89.3 Å². The third-order valence-electron chi connectivity index (χ3n) is 1.79. The number of oxazole rings is 1. The van der Waals surface area contributed by atoms with Crippen LogP contribution in [0.2, 0.25) is 0 Å². The van der Waals surface area contributed by atoms with E-state index < -0.39 is 5.97 Å². The van der Waals surface area contributed by atoms with Crippen LogP contribution in [0.15, 0.2) is 22.6 Å². The van der Waals surface area contributed by atoms with Crippen LogP contribution in [0.5, 0.6) is 0 Å². The zero-order valence-electron chi connectivity index (χ0n) is 7.23. The lowest BCUT2D eigenvalue weighted by atomic mass is 10.3. The highest BCUT2D eigenvalue weighted by atomic mass is 16.4. The second kappa shape index (κ2) is 3.02. The van der Waals surface area contributed by atoms with E-state index in [0.717, 1.165) is 0 Å². The molecule has 0 saturated heterocycles. The van der Waals surface area contributed by atoms with E-state index in [2.05, 4.69) is 4.98 Å². The van der Waals surface area contributed by atoms with Gasteiger partial charge in [0.2, 0.25) is 5.89 Å². The van der Waals surface area contributed by atoms with Crippen molar-refractivity contribution in [3.63, 3.8) is 0 Å². The summed E-state index contributed by atoms with van der Waals surface area (Å²) in [4.78, 5) is 14.4. The third kappa shape index (κ3) is 1.39. The summed E-state index contributed by atoms with van der Waals surface area (Å²) in [6.45, 7) is 0. The number of anilines is 1. The first-order chi connectivity index (χ1) is 6.66. The Bertz CT molecular complexity index is 490. The third-order valence-corrected chi connectivity index (χ3v) is 1.79. The fraction of sp³-hybridized carbons (Fsp3) is 0.111. The van der Waals surface area contributed by atoms with Crippen molar-refractivity contribution >= 4 is 22.8 Å². The fourth-order valence-corrected chi connectivity index (χ4v) is 1.22. The number of fused-ring (bicyclic) bond motifs is 1. The van der Waals surface area contributed by atoms with Crippen LogP contribution < -0.4 is 5.73 Å². The van der Waals surface area contributed by atoms with Crippen LogP contribution in [0.4, 0.5) is 5.69 Å². The van der Waals surface area contributed by atoms with Crippen LogP contribution >= 0.6 is 0 Å². The Morgan fingerprint density at radius 3 is 3.00 bits per heavy atom. The number of carboxylic acids is 1. The number of hydrogen-bond acceptors (Lipinski definition) is 4. The van der Waals surface area contributed by atoms with Crippen LogP contribution in [-0.4, -0.2) is 16.1 Å². The Morgan fingerprint density at radius 1 is 1.57 bits per heavy atom. The first-order valence-corrected chi connectivity index (χ1v) is 4.02. The van der Waals surface area contributed by atoms with Crippen molar-refractivity contribution in [1.82, 2.24) is 4.98 Å². The van der Waals surface area contributed by atoms with Gasteiger partial charge in [-0.05, 0) is 12.1 Å². The van der Waals surface area contributed by atoms with E-state index in [0.29, 0.717) is 16.8 Å². The minimum Gasteiger partial charge on any atom is -0.481 e. The molecule has 2 aromatic rings. The summed E-state index contributed by atoms with van der Waals surface area (Å²) >= 11 is 0. The predicted molar refractivity (Wildman–Crippen MR) is 49.8 cm³/mol. The van der Waals surface area contributed by atoms with Gasteiger partial charge in [-0.15, -0.1) is 0 Å². The van der Waals surface area contributed by atoms with Gasteiger partial charge in [0.25, 0.3) is 0 Å². The van der Waals surface area contributed by atoms with Gasteiger partial charge in [-0.3, -0.25) is 4.79 Å². The number of nitrogen functional groups attached to an aromatic ring is 1. The summed E-state index contributed by atoms with van der Waals surface area (Å²) in [5.41, 5.74) is 7.12. The predicted octanol–water partition coefficient (Wildman–Crippen LogP) is 1.04. The molecular formula is C9H8N2O3. The molecule has 14 heavy (non-hydrogen) atoms. The van der Waals surface area contributed by atoms with E-state index in [4.69, 9.17) is 15.3 Å². The van der Waals surface area contributed by atoms with Crippen molar-refractivity contribution in [2.45, 2.75) is 6.42 Å². The summed E-state index contributed by atoms with van der Waals surface area (Å²) in [5.74, 6) is -0.805. The molecular weight excluding hydrogens is 184 g/mol. The summed E-state index contributed by atoms with van der Waals surface area (Å²) in [6, 6.07) is 5.14. The Kier molecular flexibility index (Phi) is 1.85. The molecule has 2 rings (SSSR count). The van der Waals surface area contributed by atoms with Gasteiger partial charge in [0.15, 0.2) is 5.58 Å². The van der Waals surface area contributed by atoms with E-state index in [1.807, 2.05) is 0 Å². The smallest absolute Gasteiger partial charge is 0.312 e. The van der Waals surface area contributed by atoms with Crippen molar-refractivity contribution in [3.8, 4) is 0 Å². The first-order valence-electron chi connectivity index (χ1n) is 4.02. The molecule has 0 fully saturated rings. The zero-order chi connectivity index (χ0) is 10.1. The number of hydrogen-bond donors (Lipinski definition) is 2. The van der Waals surface area contributed by atoms with E-state index in [-0.39, 0.29) is 12.3 Å². The maximum absolute atomic E-state index is 10.4. The molecule has 0 unspecified atom stereocenters. The second-order valence-electron chi connectivity index (χ2n) is 2.87. The second-order valence-corrected chi connectivity index (χ2v) is 2.87. The lowest BCUT2D eigenvalue weighted by Crippen LogP contribution is -1.99. The minimum absolute atomic E-state index is 0.172. The Hall–Kier alpha value is -2.04. The van der Waals surface area contributed by atoms with Crippen molar-refractivity contribution in [2.75, 3.05) is 5.73 Å². The lowest BCUT2D eigenvalue weighted by Gasteiger charge is -1.90.